The summed E-state index contributed by atoms with van der Waals surface area (Å²) in [4.78, 5) is 3.77. The van der Waals surface area contributed by atoms with E-state index in [9.17, 15) is 22.3 Å². The van der Waals surface area contributed by atoms with Gasteiger partial charge in [-0.3, -0.25) is 0 Å². The van der Waals surface area contributed by atoms with Crippen LogP contribution in [0.15, 0.2) is 30.9 Å². The van der Waals surface area contributed by atoms with Gasteiger partial charge >= 0.3 is 0 Å². The molecule has 0 amide bonds. The maximum Gasteiger partial charge on any atom is 0.214 e. The second-order valence-corrected chi connectivity index (χ2v) is 8.55. The van der Waals surface area contributed by atoms with Gasteiger partial charge < -0.3 is 10.4 Å². The molecule has 1 atom stereocenters. The average Bonchev–Trinajstić information content (AvgIpc) is 3.13. The Hall–Kier alpha value is -1.95. The van der Waals surface area contributed by atoms with Crippen LogP contribution in [0.5, 0.6) is 0 Å². The number of sulfonamides is 1. The number of halogens is 2. The third kappa shape index (κ3) is 4.67. The largest absolute Gasteiger partial charge is 0.383 e. The zero-order valence-corrected chi connectivity index (χ0v) is 15.4. The van der Waals surface area contributed by atoms with Crippen LogP contribution >= 0.6 is 0 Å². The molecule has 27 heavy (non-hydrogen) atoms. The smallest absolute Gasteiger partial charge is 0.214 e. The number of rotatable bonds is 7. The fraction of sp³-hybridized carbons (Fsp3) is 0.500. The molecule has 0 spiro atoms. The zero-order valence-electron chi connectivity index (χ0n) is 14.6. The molecule has 0 radical (unpaired) electrons. The quantitative estimate of drug-likeness (QED) is 0.681. The number of nitrogens with one attached hydrogen (secondary N) is 1. The number of nitrogens with zero attached hydrogens (tertiary/aromatic N) is 4. The fourth-order valence-corrected chi connectivity index (χ4v) is 4.69. The molecule has 148 valence electrons. The highest BCUT2D eigenvalue weighted by Gasteiger charge is 2.36. The van der Waals surface area contributed by atoms with Gasteiger partial charge in [0.1, 0.15) is 29.9 Å². The van der Waals surface area contributed by atoms with Crippen molar-refractivity contribution >= 4 is 10.0 Å². The summed E-state index contributed by atoms with van der Waals surface area (Å²) in [5.74, 6) is -2.11. The van der Waals surface area contributed by atoms with Crippen molar-refractivity contribution < 1.29 is 22.3 Å². The van der Waals surface area contributed by atoms with Gasteiger partial charge in [-0.05, 0) is 12.5 Å². The van der Waals surface area contributed by atoms with Gasteiger partial charge in [-0.1, -0.05) is 6.07 Å². The van der Waals surface area contributed by atoms with Crippen molar-refractivity contribution in [2.24, 2.45) is 0 Å². The summed E-state index contributed by atoms with van der Waals surface area (Å²) in [6, 6.07) is 2.81. The van der Waals surface area contributed by atoms with Crippen molar-refractivity contribution in [1.29, 1.82) is 0 Å². The first kappa shape index (κ1) is 19.8. The van der Waals surface area contributed by atoms with Crippen LogP contribution in [0.4, 0.5) is 8.78 Å². The summed E-state index contributed by atoms with van der Waals surface area (Å²) < 4.78 is 55.4. The monoisotopic (exact) mass is 401 g/mol. The van der Waals surface area contributed by atoms with Crippen LogP contribution in [0.1, 0.15) is 12.0 Å². The van der Waals surface area contributed by atoms with Crippen molar-refractivity contribution in [3.8, 4) is 0 Å². The van der Waals surface area contributed by atoms with Gasteiger partial charge in [0.25, 0.3) is 0 Å². The molecule has 8 nitrogen and oxygen atoms in total. The highest BCUT2D eigenvalue weighted by atomic mass is 32.2. The Morgan fingerprint density at radius 3 is 2.63 bits per heavy atom. The summed E-state index contributed by atoms with van der Waals surface area (Å²) >= 11 is 0. The fourth-order valence-electron chi connectivity index (χ4n) is 3.10. The molecule has 3 rings (SSSR count). The normalized spacial score (nSPS) is 18.3. The summed E-state index contributed by atoms with van der Waals surface area (Å²) in [6.45, 7) is 1.57. The van der Waals surface area contributed by atoms with Gasteiger partial charge in [0, 0.05) is 37.8 Å². The Labute approximate surface area is 155 Å². The van der Waals surface area contributed by atoms with E-state index >= 15 is 0 Å². The first-order valence-electron chi connectivity index (χ1n) is 8.49. The van der Waals surface area contributed by atoms with Gasteiger partial charge in [0.05, 0.1) is 12.3 Å². The van der Waals surface area contributed by atoms with Crippen molar-refractivity contribution in [2.75, 3.05) is 31.9 Å². The lowest BCUT2D eigenvalue weighted by Crippen LogP contribution is -2.48. The molecule has 1 saturated heterocycles. The van der Waals surface area contributed by atoms with E-state index < -0.39 is 27.3 Å². The molecule has 0 saturated carbocycles. The molecule has 2 heterocycles. The second-order valence-electron chi connectivity index (χ2n) is 6.46. The molecule has 1 aromatic carbocycles. The number of hydrogen-bond donors (Lipinski definition) is 2. The summed E-state index contributed by atoms with van der Waals surface area (Å²) in [6.07, 6.45) is 2.30. The molecule has 2 aromatic rings. The Kier molecular flexibility index (Phi) is 5.84. The van der Waals surface area contributed by atoms with E-state index in [1.807, 2.05) is 0 Å². The highest BCUT2D eigenvalue weighted by Crippen LogP contribution is 2.30. The predicted octanol–water partition coefficient (Wildman–Crippen LogP) is 0.0692. The molecule has 1 aliphatic heterocycles. The van der Waals surface area contributed by atoms with Crippen molar-refractivity contribution in [3.63, 3.8) is 0 Å². The van der Waals surface area contributed by atoms with Gasteiger partial charge in [0.15, 0.2) is 0 Å². The first-order valence-corrected chi connectivity index (χ1v) is 10.1. The van der Waals surface area contributed by atoms with Crippen LogP contribution in [-0.4, -0.2) is 64.5 Å². The van der Waals surface area contributed by atoms with Gasteiger partial charge in [-0.15, -0.1) is 0 Å². The Balaban J connectivity index is 1.85. The van der Waals surface area contributed by atoms with E-state index in [0.29, 0.717) is 32.2 Å². The minimum Gasteiger partial charge on any atom is -0.383 e. The van der Waals surface area contributed by atoms with Crippen LogP contribution in [0, 0.1) is 11.6 Å². The Morgan fingerprint density at radius 2 is 2.00 bits per heavy atom. The molecule has 0 bridgehead atoms. The minimum absolute atomic E-state index is 0.185. The van der Waals surface area contributed by atoms with Crippen LogP contribution in [0.3, 0.4) is 0 Å². The molecule has 1 aliphatic rings. The summed E-state index contributed by atoms with van der Waals surface area (Å²) in [5, 5.41) is 18.1. The van der Waals surface area contributed by atoms with E-state index in [4.69, 9.17) is 0 Å². The summed E-state index contributed by atoms with van der Waals surface area (Å²) in [7, 11) is -3.63. The van der Waals surface area contributed by atoms with Gasteiger partial charge in [-0.25, -0.2) is 26.9 Å². The van der Waals surface area contributed by atoms with E-state index in [2.05, 4.69) is 15.4 Å². The number of piperazine rings is 1. The van der Waals surface area contributed by atoms with E-state index in [1.54, 1.807) is 0 Å². The lowest BCUT2D eigenvalue weighted by molar-refractivity contribution is 0.00807. The van der Waals surface area contributed by atoms with Crippen molar-refractivity contribution in [2.45, 2.75) is 18.6 Å². The van der Waals surface area contributed by atoms with Crippen LogP contribution in [0.25, 0.3) is 0 Å². The first-order chi connectivity index (χ1) is 12.8. The number of benzene rings is 1. The average molecular weight is 401 g/mol. The molecular formula is C16H21F2N5O3S. The van der Waals surface area contributed by atoms with E-state index in [-0.39, 0.29) is 24.3 Å². The summed E-state index contributed by atoms with van der Waals surface area (Å²) in [5.41, 5.74) is -2.08. The Morgan fingerprint density at radius 1 is 1.26 bits per heavy atom. The molecule has 2 N–H and O–H groups in total. The van der Waals surface area contributed by atoms with Gasteiger partial charge in [0.2, 0.25) is 10.0 Å². The second kappa shape index (κ2) is 7.97. The predicted molar refractivity (Wildman–Crippen MR) is 93.1 cm³/mol. The molecular weight excluding hydrogens is 380 g/mol. The van der Waals surface area contributed by atoms with Crippen LogP contribution < -0.4 is 5.32 Å². The zero-order chi connectivity index (χ0) is 19.5. The standard InChI is InChI=1S/C16H21F2N5O3S/c17-13-1-2-14(15(18)9-13)16(24,10-22-12-20-11-21-22)3-8-27(25,26)23-6-4-19-5-7-23/h1-2,9,11-12,19,24H,3-8,10H2/t16-/m0/s1. The number of aromatic nitrogens is 3. The molecule has 1 aromatic heterocycles. The Bertz CT molecular complexity index is 872. The SMILES string of the molecule is O=S(=O)(CC[C@](O)(Cn1cncn1)c1ccc(F)cc1F)N1CCNCC1. The minimum atomic E-state index is -3.63. The number of hydrogen-bond acceptors (Lipinski definition) is 6. The molecule has 11 heteroatoms. The topological polar surface area (TPSA) is 100 Å². The van der Waals surface area contributed by atoms with Crippen molar-refractivity contribution in [1.82, 2.24) is 24.4 Å². The lowest BCUT2D eigenvalue weighted by atomic mass is 9.90. The van der Waals surface area contributed by atoms with Crippen LogP contribution in [-0.2, 0) is 22.2 Å². The molecule has 0 unspecified atom stereocenters. The molecule has 1 fully saturated rings. The third-order valence-electron chi connectivity index (χ3n) is 4.57. The van der Waals surface area contributed by atoms with E-state index in [1.165, 1.54) is 21.6 Å². The van der Waals surface area contributed by atoms with Crippen molar-refractivity contribution in [3.05, 3.63) is 48.1 Å². The molecule has 0 aliphatic carbocycles. The lowest BCUT2D eigenvalue weighted by Gasteiger charge is -2.31. The highest BCUT2D eigenvalue weighted by molar-refractivity contribution is 7.89. The maximum absolute atomic E-state index is 14.3. The van der Waals surface area contributed by atoms with Crippen LogP contribution in [0.2, 0.25) is 0 Å². The van der Waals surface area contributed by atoms with E-state index in [0.717, 1.165) is 12.1 Å². The van der Waals surface area contributed by atoms with Gasteiger partial charge in [-0.2, -0.15) is 9.40 Å². The number of aliphatic hydroxyl groups is 1. The third-order valence-corrected chi connectivity index (χ3v) is 6.44. The maximum atomic E-state index is 14.3.